The zero-order valence-electron chi connectivity index (χ0n) is 16.6. The number of benzene rings is 3. The van der Waals surface area contributed by atoms with E-state index in [2.05, 4.69) is 78.1 Å². The molecular weight excluding hydrogens is 374 g/mol. The molecule has 1 aliphatic rings. The second-order valence-electron chi connectivity index (χ2n) is 7.65. The lowest BCUT2D eigenvalue weighted by Gasteiger charge is -2.35. The number of nitrogens with one attached hydrogen (secondary N) is 1. The zero-order chi connectivity index (χ0) is 19.9. The molecule has 0 aliphatic carbocycles. The number of carbonyl (C=O) groups is 1. The van der Waals surface area contributed by atoms with E-state index in [1.54, 1.807) is 0 Å². The Morgan fingerprint density at radius 1 is 0.759 bits per heavy atom. The van der Waals surface area contributed by atoms with Gasteiger partial charge in [-0.25, -0.2) is 0 Å². The van der Waals surface area contributed by atoms with E-state index in [4.69, 9.17) is 0 Å². The number of piperidine rings is 1. The van der Waals surface area contributed by atoms with Gasteiger partial charge in [-0.1, -0.05) is 103 Å². The maximum atomic E-state index is 13.4. The Morgan fingerprint density at radius 2 is 1.17 bits per heavy atom. The average molecular weight is 402 g/mol. The van der Waals surface area contributed by atoms with Crippen molar-refractivity contribution < 1.29 is 4.79 Å². The smallest absolute Gasteiger partial charge is 0.190 e. The van der Waals surface area contributed by atoms with Crippen molar-refractivity contribution in [2.24, 2.45) is 5.92 Å². The van der Waals surface area contributed by atoms with Gasteiger partial charge in [-0.05, 0) is 48.5 Å². The minimum Gasteiger partial charge on any atom is -0.317 e. The minimum absolute atomic E-state index is 0.272. The Hall–Kier alpha value is -2.36. The summed E-state index contributed by atoms with van der Waals surface area (Å²) in [6, 6.07) is 31.3. The van der Waals surface area contributed by atoms with E-state index < -0.39 is 4.75 Å². The van der Waals surface area contributed by atoms with E-state index >= 15 is 0 Å². The summed E-state index contributed by atoms with van der Waals surface area (Å²) in [5, 5.41) is 3.67. The number of hydrogen-bond donors (Lipinski definition) is 1. The summed E-state index contributed by atoms with van der Waals surface area (Å²) in [6.45, 7) is 2.04. The molecule has 4 rings (SSSR count). The van der Waals surface area contributed by atoms with E-state index in [-0.39, 0.29) is 5.12 Å². The molecule has 3 aromatic carbocycles. The third-order valence-electron chi connectivity index (χ3n) is 5.72. The molecule has 3 aromatic rings. The van der Waals surface area contributed by atoms with Crippen LogP contribution in [0.5, 0.6) is 0 Å². The van der Waals surface area contributed by atoms with E-state index in [0.717, 1.165) is 42.6 Å². The van der Waals surface area contributed by atoms with Crippen LogP contribution in [0.4, 0.5) is 0 Å². The van der Waals surface area contributed by atoms with Gasteiger partial charge in [-0.2, -0.15) is 0 Å². The summed E-state index contributed by atoms with van der Waals surface area (Å²) in [7, 11) is 0. The molecule has 148 valence electrons. The average Bonchev–Trinajstić information content (AvgIpc) is 2.80. The minimum atomic E-state index is -0.548. The molecule has 0 amide bonds. The van der Waals surface area contributed by atoms with Gasteiger partial charge in [0.1, 0.15) is 0 Å². The van der Waals surface area contributed by atoms with Crippen molar-refractivity contribution in [1.82, 2.24) is 5.32 Å². The number of thioether (sulfide) groups is 1. The Bertz CT molecular complexity index is 809. The molecule has 1 aliphatic heterocycles. The molecule has 0 unspecified atom stereocenters. The maximum Gasteiger partial charge on any atom is 0.190 e. The highest BCUT2D eigenvalue weighted by Gasteiger charge is 2.39. The third-order valence-corrected chi connectivity index (χ3v) is 7.13. The Balaban J connectivity index is 1.78. The second kappa shape index (κ2) is 9.43. The molecule has 3 heteroatoms. The van der Waals surface area contributed by atoms with Crippen molar-refractivity contribution >= 4 is 16.9 Å². The molecule has 0 bridgehead atoms. The summed E-state index contributed by atoms with van der Waals surface area (Å²) >= 11 is 1.49. The summed E-state index contributed by atoms with van der Waals surface area (Å²) in [4.78, 5) is 13.4. The van der Waals surface area contributed by atoms with Gasteiger partial charge >= 0.3 is 0 Å². The Kier molecular flexibility index (Phi) is 6.48. The normalized spacial score (nSPS) is 15.2. The topological polar surface area (TPSA) is 29.1 Å². The van der Waals surface area contributed by atoms with Crippen molar-refractivity contribution in [3.63, 3.8) is 0 Å². The van der Waals surface area contributed by atoms with Crippen LogP contribution in [0.3, 0.4) is 0 Å². The largest absolute Gasteiger partial charge is 0.317 e. The van der Waals surface area contributed by atoms with Crippen LogP contribution in [-0.4, -0.2) is 18.2 Å². The molecule has 0 atom stereocenters. The lowest BCUT2D eigenvalue weighted by atomic mass is 9.84. The maximum absolute atomic E-state index is 13.4. The summed E-state index contributed by atoms with van der Waals surface area (Å²) < 4.78 is -0.548. The zero-order valence-corrected chi connectivity index (χ0v) is 17.4. The van der Waals surface area contributed by atoms with E-state index in [1.165, 1.54) is 11.8 Å². The molecule has 1 N–H and O–H groups in total. The van der Waals surface area contributed by atoms with Crippen LogP contribution in [0.2, 0.25) is 0 Å². The molecule has 2 nitrogen and oxygen atoms in total. The molecular formula is C26H27NOS. The lowest BCUT2D eigenvalue weighted by Crippen LogP contribution is -2.30. The fourth-order valence-electron chi connectivity index (χ4n) is 4.23. The molecule has 0 spiro atoms. The van der Waals surface area contributed by atoms with Crippen molar-refractivity contribution in [2.75, 3.05) is 13.1 Å². The predicted molar refractivity (Wildman–Crippen MR) is 122 cm³/mol. The standard InChI is InChI=1S/C26H27NOS/c28-25(20-21-16-18-27-19-17-21)29-26(22-10-4-1-5-11-22,23-12-6-2-7-13-23)24-14-8-3-9-15-24/h1-15,21,27H,16-20H2. The Labute approximate surface area is 177 Å². The van der Waals surface area contributed by atoms with Gasteiger partial charge < -0.3 is 5.32 Å². The van der Waals surface area contributed by atoms with Crippen LogP contribution in [0.15, 0.2) is 91.0 Å². The van der Waals surface area contributed by atoms with Crippen molar-refractivity contribution in [3.05, 3.63) is 108 Å². The predicted octanol–water partition coefficient (Wildman–Crippen LogP) is 5.63. The van der Waals surface area contributed by atoms with E-state index in [1.807, 2.05) is 18.2 Å². The van der Waals surface area contributed by atoms with Crippen LogP contribution in [-0.2, 0) is 9.54 Å². The van der Waals surface area contributed by atoms with Gasteiger partial charge in [0, 0.05) is 6.42 Å². The van der Waals surface area contributed by atoms with Crippen LogP contribution >= 0.6 is 11.8 Å². The first-order valence-electron chi connectivity index (χ1n) is 10.4. The quantitative estimate of drug-likeness (QED) is 0.543. The first kappa shape index (κ1) is 19.9. The number of hydrogen-bond acceptors (Lipinski definition) is 3. The van der Waals surface area contributed by atoms with Gasteiger partial charge in [-0.3, -0.25) is 4.79 Å². The fourth-order valence-corrected chi connectivity index (χ4v) is 5.65. The van der Waals surface area contributed by atoms with Crippen molar-refractivity contribution in [3.8, 4) is 0 Å². The fraction of sp³-hybridized carbons (Fsp3) is 0.269. The Morgan fingerprint density at radius 3 is 1.59 bits per heavy atom. The highest BCUT2D eigenvalue weighted by Crippen LogP contribution is 2.49. The SMILES string of the molecule is O=C(CC1CCNCC1)SC(c1ccccc1)(c1ccccc1)c1ccccc1. The molecule has 1 saturated heterocycles. The first-order valence-corrected chi connectivity index (χ1v) is 11.2. The molecule has 29 heavy (non-hydrogen) atoms. The molecule has 1 heterocycles. The van der Waals surface area contributed by atoms with Crippen LogP contribution in [0.1, 0.15) is 36.0 Å². The molecule has 0 radical (unpaired) electrons. The van der Waals surface area contributed by atoms with Gasteiger partial charge in [0.15, 0.2) is 5.12 Å². The van der Waals surface area contributed by atoms with Gasteiger partial charge in [-0.15, -0.1) is 0 Å². The van der Waals surface area contributed by atoms with Gasteiger partial charge in [0.2, 0.25) is 0 Å². The summed E-state index contributed by atoms with van der Waals surface area (Å²) in [5.41, 5.74) is 3.42. The van der Waals surface area contributed by atoms with Crippen LogP contribution < -0.4 is 5.32 Å². The second-order valence-corrected chi connectivity index (χ2v) is 8.92. The van der Waals surface area contributed by atoms with Crippen LogP contribution in [0, 0.1) is 5.92 Å². The monoisotopic (exact) mass is 401 g/mol. The lowest BCUT2D eigenvalue weighted by molar-refractivity contribution is -0.112. The van der Waals surface area contributed by atoms with E-state index in [0.29, 0.717) is 12.3 Å². The van der Waals surface area contributed by atoms with Gasteiger partial charge in [0.05, 0.1) is 4.75 Å². The summed E-state index contributed by atoms with van der Waals surface area (Å²) in [5.74, 6) is 0.483. The third kappa shape index (κ3) is 4.47. The highest BCUT2D eigenvalue weighted by atomic mass is 32.2. The molecule has 0 aromatic heterocycles. The van der Waals surface area contributed by atoms with Crippen molar-refractivity contribution in [1.29, 1.82) is 0 Å². The number of rotatable bonds is 6. The highest BCUT2D eigenvalue weighted by molar-refractivity contribution is 8.14. The van der Waals surface area contributed by atoms with Crippen molar-refractivity contribution in [2.45, 2.75) is 24.0 Å². The van der Waals surface area contributed by atoms with E-state index in [9.17, 15) is 4.79 Å². The van der Waals surface area contributed by atoms with Crippen LogP contribution in [0.25, 0.3) is 0 Å². The summed E-state index contributed by atoms with van der Waals surface area (Å²) in [6.07, 6.45) is 2.81. The number of carbonyl (C=O) groups excluding carboxylic acids is 1. The molecule has 0 saturated carbocycles. The first-order chi connectivity index (χ1) is 14.3. The molecule has 1 fully saturated rings. The van der Waals surface area contributed by atoms with Gasteiger partial charge in [0.25, 0.3) is 0 Å².